The van der Waals surface area contributed by atoms with Crippen LogP contribution < -0.4 is 14.8 Å². The smallest absolute Gasteiger partial charge is 0.167 e. The van der Waals surface area contributed by atoms with E-state index in [1.807, 2.05) is 38.1 Å². The van der Waals surface area contributed by atoms with Crippen LogP contribution in [0.3, 0.4) is 0 Å². The van der Waals surface area contributed by atoms with Crippen LogP contribution in [0.4, 0.5) is 0 Å². The fraction of sp³-hybridized carbons (Fsp3) is 0.375. The summed E-state index contributed by atoms with van der Waals surface area (Å²) in [5.74, 6) is 2.41. The Morgan fingerprint density at radius 3 is 2.67 bits per heavy atom. The van der Waals surface area contributed by atoms with Crippen molar-refractivity contribution < 1.29 is 13.9 Å². The normalized spacial score (nSPS) is 10.9. The SMILES string of the molecule is COc1ccc(Br)c(CNCc2ccco2)c1OC(C)C. The maximum Gasteiger partial charge on any atom is 0.167 e. The lowest BCUT2D eigenvalue weighted by Crippen LogP contribution is -2.16. The topological polar surface area (TPSA) is 43.6 Å². The Balaban J connectivity index is 2.15. The predicted octanol–water partition coefficient (Wildman–Crippen LogP) is 4.13. The van der Waals surface area contributed by atoms with E-state index >= 15 is 0 Å². The van der Waals surface area contributed by atoms with Crippen molar-refractivity contribution in [2.75, 3.05) is 7.11 Å². The number of nitrogens with one attached hydrogen (secondary N) is 1. The van der Waals surface area contributed by atoms with E-state index in [0.29, 0.717) is 13.1 Å². The predicted molar refractivity (Wildman–Crippen MR) is 85.7 cm³/mol. The number of benzene rings is 1. The molecule has 2 rings (SSSR count). The van der Waals surface area contributed by atoms with Gasteiger partial charge in [0.25, 0.3) is 0 Å². The Hall–Kier alpha value is -1.46. The molecular weight excluding hydrogens is 334 g/mol. The Bertz CT molecular complexity index is 567. The van der Waals surface area contributed by atoms with Crippen molar-refractivity contribution in [2.24, 2.45) is 0 Å². The van der Waals surface area contributed by atoms with Gasteiger partial charge < -0.3 is 19.2 Å². The fourth-order valence-corrected chi connectivity index (χ4v) is 2.45. The van der Waals surface area contributed by atoms with Gasteiger partial charge in [-0.25, -0.2) is 0 Å². The van der Waals surface area contributed by atoms with E-state index in [1.54, 1.807) is 13.4 Å². The molecule has 21 heavy (non-hydrogen) atoms. The lowest BCUT2D eigenvalue weighted by molar-refractivity contribution is 0.227. The molecule has 5 heteroatoms. The molecule has 0 unspecified atom stereocenters. The molecule has 1 aromatic carbocycles. The summed E-state index contributed by atoms with van der Waals surface area (Å²) in [4.78, 5) is 0. The molecule has 1 aromatic heterocycles. The third kappa shape index (κ3) is 4.25. The Kier molecular flexibility index (Phi) is 5.70. The van der Waals surface area contributed by atoms with Crippen molar-refractivity contribution in [2.45, 2.75) is 33.0 Å². The van der Waals surface area contributed by atoms with E-state index in [2.05, 4.69) is 21.2 Å². The first-order valence-corrected chi connectivity index (χ1v) is 7.66. The van der Waals surface area contributed by atoms with Crippen LogP contribution in [0, 0.1) is 0 Å². The van der Waals surface area contributed by atoms with E-state index in [4.69, 9.17) is 13.9 Å². The summed E-state index contributed by atoms with van der Waals surface area (Å²) in [7, 11) is 1.65. The van der Waals surface area contributed by atoms with E-state index in [-0.39, 0.29) is 6.10 Å². The minimum Gasteiger partial charge on any atom is -0.493 e. The van der Waals surface area contributed by atoms with Gasteiger partial charge >= 0.3 is 0 Å². The highest BCUT2D eigenvalue weighted by molar-refractivity contribution is 9.10. The van der Waals surface area contributed by atoms with Gasteiger partial charge in [0.1, 0.15) is 5.76 Å². The number of furan rings is 1. The summed E-state index contributed by atoms with van der Waals surface area (Å²) in [5, 5.41) is 3.35. The number of hydrogen-bond donors (Lipinski definition) is 1. The quantitative estimate of drug-likeness (QED) is 0.812. The zero-order valence-electron chi connectivity index (χ0n) is 12.5. The summed E-state index contributed by atoms with van der Waals surface area (Å²) in [6, 6.07) is 7.69. The van der Waals surface area contributed by atoms with Crippen molar-refractivity contribution in [3.05, 3.63) is 46.3 Å². The first kappa shape index (κ1) is 15.9. The fourth-order valence-electron chi connectivity index (χ4n) is 2.00. The van der Waals surface area contributed by atoms with Crippen LogP contribution in [0.1, 0.15) is 25.2 Å². The molecule has 114 valence electrons. The molecule has 1 N–H and O–H groups in total. The summed E-state index contributed by atoms with van der Waals surface area (Å²) in [6.45, 7) is 5.32. The van der Waals surface area contributed by atoms with Gasteiger partial charge in [0.05, 0.1) is 26.0 Å². The number of methoxy groups -OCH3 is 1. The molecule has 0 fully saturated rings. The van der Waals surface area contributed by atoms with E-state index in [9.17, 15) is 0 Å². The minimum absolute atomic E-state index is 0.0806. The number of rotatable bonds is 7. The molecular formula is C16H20BrNO3. The third-order valence-corrected chi connectivity index (χ3v) is 3.66. The van der Waals surface area contributed by atoms with Crippen LogP contribution in [-0.4, -0.2) is 13.2 Å². The average Bonchev–Trinajstić information content (AvgIpc) is 2.95. The Labute approximate surface area is 133 Å². The summed E-state index contributed by atoms with van der Waals surface area (Å²) in [5.41, 5.74) is 1.04. The van der Waals surface area contributed by atoms with Gasteiger partial charge in [-0.05, 0) is 38.1 Å². The highest BCUT2D eigenvalue weighted by Crippen LogP contribution is 2.36. The Morgan fingerprint density at radius 2 is 2.05 bits per heavy atom. The molecule has 0 amide bonds. The third-order valence-electron chi connectivity index (χ3n) is 2.92. The van der Waals surface area contributed by atoms with Crippen LogP contribution in [-0.2, 0) is 13.1 Å². The standard InChI is InChI=1S/C16H20BrNO3/c1-11(2)21-16-13(14(17)6-7-15(16)19-3)10-18-9-12-5-4-8-20-12/h4-8,11,18H,9-10H2,1-3H3. The van der Waals surface area contributed by atoms with Crippen LogP contribution in [0.2, 0.25) is 0 Å². The van der Waals surface area contributed by atoms with E-state index < -0.39 is 0 Å². The van der Waals surface area contributed by atoms with Crippen molar-refractivity contribution in [3.63, 3.8) is 0 Å². The molecule has 0 aliphatic rings. The first-order chi connectivity index (χ1) is 10.1. The summed E-state index contributed by atoms with van der Waals surface area (Å²) < 4.78 is 17.6. The zero-order valence-corrected chi connectivity index (χ0v) is 14.1. The second-order valence-electron chi connectivity index (χ2n) is 4.91. The molecule has 0 saturated carbocycles. The van der Waals surface area contributed by atoms with E-state index in [0.717, 1.165) is 27.3 Å². The molecule has 0 saturated heterocycles. The van der Waals surface area contributed by atoms with Crippen LogP contribution in [0.15, 0.2) is 39.4 Å². The van der Waals surface area contributed by atoms with Gasteiger partial charge in [0.2, 0.25) is 0 Å². The summed E-state index contributed by atoms with van der Waals surface area (Å²) in [6.07, 6.45) is 1.75. The monoisotopic (exact) mass is 353 g/mol. The largest absolute Gasteiger partial charge is 0.493 e. The maximum absolute atomic E-state index is 5.92. The molecule has 0 aliphatic carbocycles. The van der Waals surface area contributed by atoms with Crippen LogP contribution in [0.25, 0.3) is 0 Å². The second kappa shape index (κ2) is 7.52. The van der Waals surface area contributed by atoms with Gasteiger partial charge in [-0.15, -0.1) is 0 Å². The molecule has 2 aromatic rings. The van der Waals surface area contributed by atoms with Crippen LogP contribution >= 0.6 is 15.9 Å². The Morgan fingerprint density at radius 1 is 1.24 bits per heavy atom. The van der Waals surface area contributed by atoms with Crippen molar-refractivity contribution >= 4 is 15.9 Å². The van der Waals surface area contributed by atoms with Crippen LogP contribution in [0.5, 0.6) is 11.5 Å². The summed E-state index contributed by atoms with van der Waals surface area (Å²) >= 11 is 3.58. The number of ether oxygens (including phenoxy) is 2. The lowest BCUT2D eigenvalue weighted by atomic mass is 10.1. The minimum atomic E-state index is 0.0806. The number of halogens is 1. The van der Waals surface area contributed by atoms with Gasteiger partial charge in [0.15, 0.2) is 11.5 Å². The van der Waals surface area contributed by atoms with Gasteiger partial charge in [0, 0.05) is 16.6 Å². The van der Waals surface area contributed by atoms with Crippen molar-refractivity contribution in [1.82, 2.24) is 5.32 Å². The zero-order chi connectivity index (χ0) is 15.2. The van der Waals surface area contributed by atoms with Gasteiger partial charge in [-0.3, -0.25) is 0 Å². The lowest BCUT2D eigenvalue weighted by Gasteiger charge is -2.19. The molecule has 0 atom stereocenters. The highest BCUT2D eigenvalue weighted by Gasteiger charge is 2.15. The second-order valence-corrected chi connectivity index (χ2v) is 5.76. The molecule has 1 heterocycles. The van der Waals surface area contributed by atoms with Crippen molar-refractivity contribution in [1.29, 1.82) is 0 Å². The highest BCUT2D eigenvalue weighted by atomic mass is 79.9. The molecule has 0 radical (unpaired) electrons. The molecule has 0 aliphatic heterocycles. The molecule has 0 bridgehead atoms. The first-order valence-electron chi connectivity index (χ1n) is 6.87. The number of hydrogen-bond acceptors (Lipinski definition) is 4. The maximum atomic E-state index is 5.92. The molecule has 4 nitrogen and oxygen atoms in total. The van der Waals surface area contributed by atoms with Gasteiger partial charge in [-0.1, -0.05) is 15.9 Å². The van der Waals surface area contributed by atoms with Gasteiger partial charge in [-0.2, -0.15) is 0 Å². The van der Waals surface area contributed by atoms with Crippen molar-refractivity contribution in [3.8, 4) is 11.5 Å². The molecule has 0 spiro atoms. The average molecular weight is 354 g/mol. The van der Waals surface area contributed by atoms with E-state index in [1.165, 1.54) is 0 Å².